The van der Waals surface area contributed by atoms with E-state index in [0.29, 0.717) is 0 Å². The van der Waals surface area contributed by atoms with E-state index in [9.17, 15) is 0 Å². The minimum Gasteiger partial charge on any atom is -0.310 e. The molecule has 0 atom stereocenters. The number of aromatic nitrogens is 2. The van der Waals surface area contributed by atoms with E-state index >= 15 is 0 Å². The summed E-state index contributed by atoms with van der Waals surface area (Å²) in [6, 6.07) is 0. The van der Waals surface area contributed by atoms with Crippen molar-refractivity contribution in [2.75, 3.05) is 6.54 Å². The maximum absolute atomic E-state index is 5.07. The van der Waals surface area contributed by atoms with Crippen molar-refractivity contribution in [3.05, 3.63) is 11.9 Å². The Hall–Kier alpha value is -0.920. The first-order valence-electron chi connectivity index (χ1n) is 3.34. The minimum atomic E-state index is 0.761. The molecule has 1 rings (SSSR count). The van der Waals surface area contributed by atoms with E-state index in [1.54, 1.807) is 6.20 Å². The number of hydrogen-bond donors (Lipinski definition) is 1. The van der Waals surface area contributed by atoms with Crippen molar-refractivity contribution in [2.45, 2.75) is 13.0 Å². The second-order valence-electron chi connectivity index (χ2n) is 2.03. The average molecular weight is 167 g/mol. The molecule has 0 unspecified atom stereocenters. The molecule has 1 aromatic rings. The van der Waals surface area contributed by atoms with Crippen LogP contribution in [0.25, 0.3) is 0 Å². The summed E-state index contributed by atoms with van der Waals surface area (Å²) >= 11 is 1.22. The molecule has 0 aromatic carbocycles. The van der Waals surface area contributed by atoms with Gasteiger partial charge in [0.15, 0.2) is 0 Å². The first kappa shape index (κ1) is 8.18. The van der Waals surface area contributed by atoms with Gasteiger partial charge in [-0.15, -0.1) is 12.3 Å². The number of terminal acetylenes is 1. The zero-order valence-electron chi connectivity index (χ0n) is 6.08. The molecule has 11 heavy (non-hydrogen) atoms. The van der Waals surface area contributed by atoms with E-state index in [1.165, 1.54) is 11.7 Å². The van der Waals surface area contributed by atoms with Crippen molar-refractivity contribution in [3.63, 3.8) is 0 Å². The lowest BCUT2D eigenvalue weighted by Gasteiger charge is -1.96. The van der Waals surface area contributed by atoms with Gasteiger partial charge in [-0.1, -0.05) is 0 Å². The Morgan fingerprint density at radius 3 is 3.27 bits per heavy atom. The van der Waals surface area contributed by atoms with Crippen molar-refractivity contribution in [3.8, 4) is 12.3 Å². The summed E-state index contributed by atoms with van der Waals surface area (Å²) in [5.74, 6) is 2.55. The molecule has 58 valence electrons. The van der Waals surface area contributed by atoms with Crippen molar-refractivity contribution in [1.82, 2.24) is 14.1 Å². The van der Waals surface area contributed by atoms with Gasteiger partial charge in [-0.2, -0.15) is 8.75 Å². The standard InChI is InChI=1S/C7H9N3S/c1-2-3-4-8-5-7-6-9-11-10-7/h1,6,8H,3-5H2. The average Bonchev–Trinajstić information content (AvgIpc) is 2.50. The van der Waals surface area contributed by atoms with Gasteiger partial charge in [0.2, 0.25) is 0 Å². The fraction of sp³-hybridized carbons (Fsp3) is 0.429. The van der Waals surface area contributed by atoms with Crippen molar-refractivity contribution in [2.24, 2.45) is 0 Å². The van der Waals surface area contributed by atoms with Crippen LogP contribution in [0.4, 0.5) is 0 Å². The smallest absolute Gasteiger partial charge is 0.0880 e. The summed E-state index contributed by atoms with van der Waals surface area (Å²) in [5, 5.41) is 3.15. The molecule has 1 aromatic heterocycles. The van der Waals surface area contributed by atoms with Crippen LogP contribution in [0, 0.1) is 12.3 Å². The Morgan fingerprint density at radius 1 is 1.73 bits per heavy atom. The lowest BCUT2D eigenvalue weighted by molar-refractivity contribution is 0.692. The van der Waals surface area contributed by atoms with Crippen LogP contribution >= 0.6 is 11.7 Å². The third kappa shape index (κ3) is 3.12. The highest BCUT2D eigenvalue weighted by Gasteiger charge is 1.92. The lowest BCUT2D eigenvalue weighted by Crippen LogP contribution is -2.14. The molecule has 0 saturated carbocycles. The SMILES string of the molecule is C#CCCNCc1cnsn1. The zero-order chi connectivity index (χ0) is 7.94. The fourth-order valence-electron chi connectivity index (χ4n) is 0.639. The quantitative estimate of drug-likeness (QED) is 0.528. The van der Waals surface area contributed by atoms with E-state index in [1.807, 2.05) is 0 Å². The van der Waals surface area contributed by atoms with Gasteiger partial charge >= 0.3 is 0 Å². The molecule has 3 nitrogen and oxygen atoms in total. The first-order valence-corrected chi connectivity index (χ1v) is 4.07. The molecule has 0 radical (unpaired) electrons. The molecule has 0 fully saturated rings. The Balaban J connectivity index is 2.10. The lowest BCUT2D eigenvalue weighted by atomic mass is 10.4. The third-order valence-corrected chi connectivity index (χ3v) is 1.68. The second-order valence-corrected chi connectivity index (χ2v) is 2.59. The highest BCUT2D eigenvalue weighted by Crippen LogP contribution is 1.93. The predicted octanol–water partition coefficient (Wildman–Crippen LogP) is 0.651. The minimum absolute atomic E-state index is 0.761. The molecule has 1 N–H and O–H groups in total. The van der Waals surface area contributed by atoms with Crippen LogP contribution in [0.2, 0.25) is 0 Å². The Morgan fingerprint density at radius 2 is 2.64 bits per heavy atom. The number of nitrogens with one attached hydrogen (secondary N) is 1. The molecule has 0 spiro atoms. The maximum atomic E-state index is 5.07. The van der Waals surface area contributed by atoms with Gasteiger partial charge in [-0.3, -0.25) is 0 Å². The maximum Gasteiger partial charge on any atom is 0.0880 e. The number of nitrogens with zero attached hydrogens (tertiary/aromatic N) is 2. The van der Waals surface area contributed by atoms with E-state index in [4.69, 9.17) is 6.42 Å². The molecule has 0 amide bonds. The Bertz CT molecular complexity index is 224. The molecule has 0 saturated heterocycles. The van der Waals surface area contributed by atoms with Crippen LogP contribution in [0.1, 0.15) is 12.1 Å². The first-order chi connectivity index (χ1) is 5.43. The summed E-state index contributed by atoms with van der Waals surface area (Å²) in [6.45, 7) is 1.60. The topological polar surface area (TPSA) is 37.8 Å². The molecule has 4 heteroatoms. The normalized spacial score (nSPS) is 9.36. The second kappa shape index (κ2) is 4.83. The largest absolute Gasteiger partial charge is 0.310 e. The van der Waals surface area contributed by atoms with Gasteiger partial charge in [0.25, 0.3) is 0 Å². The van der Waals surface area contributed by atoms with Crippen LogP contribution in [-0.4, -0.2) is 15.3 Å². The van der Waals surface area contributed by atoms with Crippen molar-refractivity contribution in [1.29, 1.82) is 0 Å². The van der Waals surface area contributed by atoms with E-state index in [0.717, 1.165) is 25.2 Å². The summed E-state index contributed by atoms with van der Waals surface area (Å²) in [7, 11) is 0. The van der Waals surface area contributed by atoms with Gasteiger partial charge in [0.05, 0.1) is 23.6 Å². The van der Waals surface area contributed by atoms with Crippen LogP contribution in [0.15, 0.2) is 6.20 Å². The van der Waals surface area contributed by atoms with Crippen LogP contribution < -0.4 is 5.32 Å². The zero-order valence-corrected chi connectivity index (χ0v) is 6.90. The molecule has 0 aliphatic rings. The summed E-state index contributed by atoms with van der Waals surface area (Å²) in [6.07, 6.45) is 7.59. The highest BCUT2D eigenvalue weighted by atomic mass is 32.1. The van der Waals surface area contributed by atoms with E-state index in [2.05, 4.69) is 20.0 Å². The highest BCUT2D eigenvalue weighted by molar-refractivity contribution is 6.99. The molecular weight excluding hydrogens is 158 g/mol. The summed E-state index contributed by atoms with van der Waals surface area (Å²) in [5.41, 5.74) is 0.979. The fourth-order valence-corrected chi connectivity index (χ4v) is 1.07. The van der Waals surface area contributed by atoms with Crippen LogP contribution in [0.3, 0.4) is 0 Å². The predicted molar refractivity (Wildman–Crippen MR) is 45.1 cm³/mol. The third-order valence-electron chi connectivity index (χ3n) is 1.16. The number of hydrogen-bond acceptors (Lipinski definition) is 4. The molecule has 0 aliphatic carbocycles. The Kier molecular flexibility index (Phi) is 3.59. The van der Waals surface area contributed by atoms with Gasteiger partial charge in [0, 0.05) is 19.5 Å². The molecule has 1 heterocycles. The molecular formula is C7H9N3S. The van der Waals surface area contributed by atoms with Gasteiger partial charge in [0.1, 0.15) is 0 Å². The van der Waals surface area contributed by atoms with Gasteiger partial charge in [-0.25, -0.2) is 0 Å². The monoisotopic (exact) mass is 167 g/mol. The van der Waals surface area contributed by atoms with Crippen LogP contribution in [0.5, 0.6) is 0 Å². The molecule has 0 aliphatic heterocycles. The van der Waals surface area contributed by atoms with Gasteiger partial charge < -0.3 is 5.32 Å². The molecule has 0 bridgehead atoms. The van der Waals surface area contributed by atoms with Crippen molar-refractivity contribution >= 4 is 11.7 Å². The van der Waals surface area contributed by atoms with Gasteiger partial charge in [-0.05, 0) is 0 Å². The summed E-state index contributed by atoms with van der Waals surface area (Å²) in [4.78, 5) is 0. The van der Waals surface area contributed by atoms with E-state index < -0.39 is 0 Å². The van der Waals surface area contributed by atoms with E-state index in [-0.39, 0.29) is 0 Å². The Labute approximate surface area is 70.2 Å². The number of rotatable bonds is 4. The summed E-state index contributed by atoms with van der Waals surface area (Å²) < 4.78 is 7.90. The van der Waals surface area contributed by atoms with Crippen molar-refractivity contribution < 1.29 is 0 Å². The van der Waals surface area contributed by atoms with Crippen LogP contribution in [-0.2, 0) is 6.54 Å².